The molecule has 1 aliphatic rings. The monoisotopic (exact) mass is 249 g/mol. The Morgan fingerprint density at radius 3 is 2.00 bits per heavy atom. The Morgan fingerprint density at radius 1 is 1.17 bits per heavy atom. The molecule has 0 spiro atoms. The average Bonchev–Trinajstić information content (AvgIpc) is 2.55. The maximum absolute atomic E-state index is 11.9. The second kappa shape index (κ2) is 4.02. The normalized spacial score (nSPS) is 13.7. The molecule has 0 radical (unpaired) electrons. The Kier molecular flexibility index (Phi) is 2.66. The van der Waals surface area contributed by atoms with Crippen LogP contribution in [0.25, 0.3) is 0 Å². The van der Waals surface area contributed by atoms with E-state index in [1.807, 2.05) is 0 Å². The third-order valence-corrected chi connectivity index (χ3v) is 2.69. The first-order valence-corrected chi connectivity index (χ1v) is 5.07. The number of amides is 2. The van der Waals surface area contributed by atoms with E-state index in [9.17, 15) is 14.4 Å². The number of anilines is 2. The van der Waals surface area contributed by atoms with Crippen LogP contribution < -0.4 is 11.5 Å². The number of fused-ring (bicyclic) bond motifs is 1. The van der Waals surface area contributed by atoms with Crippen molar-refractivity contribution in [3.63, 3.8) is 0 Å². The van der Waals surface area contributed by atoms with Gasteiger partial charge in [0.1, 0.15) is 6.54 Å². The van der Waals surface area contributed by atoms with Crippen LogP contribution in [0.4, 0.5) is 11.4 Å². The van der Waals surface area contributed by atoms with Gasteiger partial charge in [0.15, 0.2) is 0 Å². The van der Waals surface area contributed by atoms with Crippen LogP contribution >= 0.6 is 0 Å². The molecule has 94 valence electrons. The number of benzene rings is 1. The maximum Gasteiger partial charge on any atom is 0.325 e. The lowest BCUT2D eigenvalue weighted by Gasteiger charge is -2.11. The van der Waals surface area contributed by atoms with E-state index >= 15 is 0 Å². The minimum absolute atomic E-state index is 0.149. The molecule has 1 aromatic carbocycles. The molecule has 0 saturated heterocycles. The van der Waals surface area contributed by atoms with Crippen LogP contribution in [0.2, 0.25) is 0 Å². The lowest BCUT2D eigenvalue weighted by atomic mass is 10.1. The molecule has 0 atom stereocenters. The van der Waals surface area contributed by atoms with Gasteiger partial charge in [-0.15, -0.1) is 0 Å². The largest absolute Gasteiger partial charge is 0.468 e. The van der Waals surface area contributed by atoms with Crippen molar-refractivity contribution < 1.29 is 19.1 Å². The van der Waals surface area contributed by atoms with Gasteiger partial charge >= 0.3 is 5.97 Å². The molecule has 0 fully saturated rings. The fourth-order valence-corrected chi connectivity index (χ4v) is 1.71. The first kappa shape index (κ1) is 11.9. The molecule has 0 bridgehead atoms. The van der Waals surface area contributed by atoms with Gasteiger partial charge in [-0.2, -0.15) is 0 Å². The van der Waals surface area contributed by atoms with Gasteiger partial charge in [-0.05, 0) is 12.1 Å². The minimum Gasteiger partial charge on any atom is -0.468 e. The molecule has 4 N–H and O–H groups in total. The average molecular weight is 249 g/mol. The molecule has 0 aromatic heterocycles. The SMILES string of the molecule is COC(=O)CN1C(=O)c2cc(N)c(N)cc2C1=O. The van der Waals surface area contributed by atoms with Gasteiger partial charge in [-0.25, -0.2) is 0 Å². The van der Waals surface area contributed by atoms with Crippen molar-refractivity contribution in [1.29, 1.82) is 0 Å². The van der Waals surface area contributed by atoms with Crippen molar-refractivity contribution in [1.82, 2.24) is 4.90 Å². The summed E-state index contributed by atoms with van der Waals surface area (Å²) >= 11 is 0. The van der Waals surface area contributed by atoms with Crippen molar-refractivity contribution in [3.8, 4) is 0 Å². The summed E-state index contributed by atoms with van der Waals surface area (Å²) in [4.78, 5) is 35.8. The Balaban J connectivity index is 2.41. The number of ether oxygens (including phenoxy) is 1. The van der Waals surface area contributed by atoms with Crippen LogP contribution in [0.5, 0.6) is 0 Å². The van der Waals surface area contributed by atoms with Crippen LogP contribution in [0, 0.1) is 0 Å². The highest BCUT2D eigenvalue weighted by atomic mass is 16.5. The molecular formula is C11H11N3O4. The van der Waals surface area contributed by atoms with Gasteiger partial charge in [-0.3, -0.25) is 19.3 Å². The predicted molar refractivity (Wildman–Crippen MR) is 62.6 cm³/mol. The van der Waals surface area contributed by atoms with Gasteiger partial charge in [0.2, 0.25) is 0 Å². The fourth-order valence-electron chi connectivity index (χ4n) is 1.71. The molecule has 2 rings (SSSR count). The molecule has 7 nitrogen and oxygen atoms in total. The summed E-state index contributed by atoms with van der Waals surface area (Å²) in [6.07, 6.45) is 0. The van der Waals surface area contributed by atoms with Gasteiger partial charge < -0.3 is 16.2 Å². The molecule has 0 unspecified atom stereocenters. The first-order chi connectivity index (χ1) is 8.45. The highest BCUT2D eigenvalue weighted by Gasteiger charge is 2.37. The topological polar surface area (TPSA) is 116 Å². The van der Waals surface area contributed by atoms with Crippen molar-refractivity contribution >= 4 is 29.2 Å². The number of rotatable bonds is 2. The molecule has 1 aliphatic heterocycles. The number of methoxy groups -OCH3 is 1. The zero-order valence-corrected chi connectivity index (χ0v) is 9.60. The lowest BCUT2D eigenvalue weighted by molar-refractivity contribution is -0.140. The number of hydrogen-bond acceptors (Lipinski definition) is 6. The number of nitrogens with two attached hydrogens (primary N) is 2. The molecular weight excluding hydrogens is 238 g/mol. The van der Waals surface area contributed by atoms with Crippen LogP contribution in [0.3, 0.4) is 0 Å². The summed E-state index contributed by atoms with van der Waals surface area (Å²) in [5.41, 5.74) is 11.9. The molecule has 0 saturated carbocycles. The van der Waals surface area contributed by atoms with E-state index in [1.54, 1.807) is 0 Å². The molecule has 18 heavy (non-hydrogen) atoms. The zero-order valence-electron chi connectivity index (χ0n) is 9.60. The van der Waals surface area contributed by atoms with E-state index in [2.05, 4.69) is 4.74 Å². The summed E-state index contributed by atoms with van der Waals surface area (Å²) in [5.74, 6) is -1.83. The smallest absolute Gasteiger partial charge is 0.325 e. The molecule has 1 heterocycles. The number of imide groups is 1. The summed E-state index contributed by atoms with van der Waals surface area (Å²) in [6.45, 7) is -0.428. The second-order valence-corrected chi connectivity index (χ2v) is 3.80. The summed E-state index contributed by atoms with van der Waals surface area (Å²) < 4.78 is 4.42. The van der Waals surface area contributed by atoms with Crippen molar-refractivity contribution in [2.24, 2.45) is 0 Å². The Morgan fingerprint density at radius 2 is 1.61 bits per heavy atom. The standard InChI is InChI=1S/C11H11N3O4/c1-18-9(15)4-14-10(16)5-2-7(12)8(13)3-6(5)11(14)17/h2-3H,4,12-13H2,1H3. The number of esters is 1. The predicted octanol–water partition coefficient (Wildman–Crippen LogP) is -0.380. The molecule has 7 heteroatoms. The van der Waals surface area contributed by atoms with Crippen molar-refractivity contribution in [2.75, 3.05) is 25.1 Å². The Hall–Kier alpha value is -2.57. The van der Waals surface area contributed by atoms with E-state index in [0.29, 0.717) is 0 Å². The summed E-state index contributed by atoms with van der Waals surface area (Å²) in [5, 5.41) is 0. The van der Waals surface area contributed by atoms with Gasteiger partial charge in [0.25, 0.3) is 11.8 Å². The highest BCUT2D eigenvalue weighted by molar-refractivity contribution is 6.23. The van der Waals surface area contributed by atoms with E-state index in [0.717, 1.165) is 4.90 Å². The first-order valence-electron chi connectivity index (χ1n) is 5.07. The Labute approximate surface area is 102 Å². The minimum atomic E-state index is -0.676. The van der Waals surface area contributed by atoms with Crippen molar-refractivity contribution in [3.05, 3.63) is 23.3 Å². The van der Waals surface area contributed by atoms with Gasteiger partial charge in [-0.1, -0.05) is 0 Å². The Bertz CT molecular complexity index is 527. The highest BCUT2D eigenvalue weighted by Crippen LogP contribution is 2.28. The molecule has 0 aliphatic carbocycles. The van der Waals surface area contributed by atoms with Gasteiger partial charge in [0.05, 0.1) is 29.6 Å². The van der Waals surface area contributed by atoms with Crippen LogP contribution in [0.15, 0.2) is 12.1 Å². The van der Waals surface area contributed by atoms with Crippen LogP contribution in [-0.4, -0.2) is 36.3 Å². The maximum atomic E-state index is 11.9. The van der Waals surface area contributed by atoms with E-state index < -0.39 is 24.3 Å². The lowest BCUT2D eigenvalue weighted by Crippen LogP contribution is -2.35. The fraction of sp³-hybridized carbons (Fsp3) is 0.182. The quantitative estimate of drug-likeness (QED) is 0.419. The summed E-state index contributed by atoms with van der Waals surface area (Å²) in [6, 6.07) is 2.67. The number of nitrogen functional groups attached to an aromatic ring is 2. The van der Waals surface area contributed by atoms with E-state index in [-0.39, 0.29) is 22.5 Å². The van der Waals surface area contributed by atoms with Gasteiger partial charge in [0, 0.05) is 0 Å². The van der Waals surface area contributed by atoms with Crippen molar-refractivity contribution in [2.45, 2.75) is 0 Å². The number of carbonyl (C=O) groups excluding carboxylic acids is 3. The van der Waals surface area contributed by atoms with Crippen LogP contribution in [-0.2, 0) is 9.53 Å². The molecule has 1 aromatic rings. The second-order valence-electron chi connectivity index (χ2n) is 3.80. The number of nitrogens with zero attached hydrogens (tertiary/aromatic N) is 1. The third kappa shape index (κ3) is 1.65. The van der Waals surface area contributed by atoms with E-state index in [1.165, 1.54) is 19.2 Å². The summed E-state index contributed by atoms with van der Waals surface area (Å²) in [7, 11) is 1.18. The number of hydrogen-bond donors (Lipinski definition) is 2. The number of carbonyl (C=O) groups is 3. The van der Waals surface area contributed by atoms with Crippen LogP contribution in [0.1, 0.15) is 20.7 Å². The molecule has 2 amide bonds. The third-order valence-electron chi connectivity index (χ3n) is 2.69. The van der Waals surface area contributed by atoms with E-state index in [4.69, 9.17) is 11.5 Å². The zero-order chi connectivity index (χ0) is 13.4.